The third-order valence-corrected chi connectivity index (χ3v) is 3.91. The van der Waals surface area contributed by atoms with Crippen LogP contribution in [0.4, 0.5) is 0 Å². The second-order valence-electron chi connectivity index (χ2n) is 1.85. The van der Waals surface area contributed by atoms with Crippen LogP contribution in [0.2, 0.25) is 0 Å². The van der Waals surface area contributed by atoms with E-state index in [1.165, 1.54) is 11.8 Å². The van der Waals surface area contributed by atoms with Crippen molar-refractivity contribution in [3.05, 3.63) is 0 Å². The Hall–Kier alpha value is 0.220. The molecule has 0 aliphatic carbocycles. The van der Waals surface area contributed by atoms with Gasteiger partial charge in [0.1, 0.15) is 0 Å². The molecule has 1 N–H and O–H groups in total. The van der Waals surface area contributed by atoms with Crippen molar-refractivity contribution in [3.8, 4) is 0 Å². The first-order chi connectivity index (χ1) is 4.74. The Morgan fingerprint density at radius 1 is 2.00 bits per heavy atom. The van der Waals surface area contributed by atoms with E-state index in [2.05, 4.69) is 27.6 Å². The average molecular weight is 271 g/mol. The van der Waals surface area contributed by atoms with Crippen LogP contribution in [0, 0.1) is 0 Å². The maximum atomic E-state index is 10.3. The molecule has 56 valence electrons. The van der Waals surface area contributed by atoms with Crippen LogP contribution in [0.5, 0.6) is 0 Å². The lowest BCUT2D eigenvalue weighted by Crippen LogP contribution is -2.08. The van der Waals surface area contributed by atoms with Crippen LogP contribution in [0.15, 0.2) is 4.99 Å². The van der Waals surface area contributed by atoms with Gasteiger partial charge in [0.2, 0.25) is 0 Å². The highest BCUT2D eigenvalue weighted by Gasteiger charge is 2.22. The minimum absolute atomic E-state index is 0.265. The molecule has 10 heavy (non-hydrogen) atoms. The van der Waals surface area contributed by atoms with Crippen LogP contribution in [-0.2, 0) is 4.79 Å². The Kier molecular flexibility index (Phi) is 2.96. The molecule has 0 unspecified atom stereocenters. The van der Waals surface area contributed by atoms with Crippen LogP contribution in [-0.4, -0.2) is 32.3 Å². The second-order valence-corrected chi connectivity index (χ2v) is 4.02. The maximum Gasteiger partial charge on any atom is 0.360 e. The molecule has 0 saturated carbocycles. The number of nitrogens with zero attached hydrogens (tertiary/aromatic N) is 1. The molecule has 3 nitrogen and oxygen atoms in total. The van der Waals surface area contributed by atoms with Gasteiger partial charge in [-0.1, -0.05) is 34.4 Å². The smallest absolute Gasteiger partial charge is 0.360 e. The van der Waals surface area contributed by atoms with Crippen molar-refractivity contribution in [3.63, 3.8) is 0 Å². The molecule has 0 bridgehead atoms. The number of hydrogen-bond donors (Lipinski definition) is 1. The van der Waals surface area contributed by atoms with Gasteiger partial charge in [0.15, 0.2) is 5.04 Å². The normalized spacial score (nSPS) is 24.5. The summed E-state index contributed by atoms with van der Waals surface area (Å²) in [7, 11) is 0. The van der Waals surface area contributed by atoms with Gasteiger partial charge in [0.05, 0.1) is 6.54 Å². The summed E-state index contributed by atoms with van der Waals surface area (Å²) in [4.78, 5) is 14.2. The molecule has 0 saturated heterocycles. The zero-order valence-corrected chi connectivity index (χ0v) is 8.05. The summed E-state index contributed by atoms with van der Waals surface area (Å²) < 4.78 is 0.961. The Morgan fingerprint density at radius 3 is 3.00 bits per heavy atom. The number of aliphatic carboxylic acids is 1. The topological polar surface area (TPSA) is 49.7 Å². The van der Waals surface area contributed by atoms with Crippen LogP contribution >= 0.6 is 34.4 Å². The lowest BCUT2D eigenvalue weighted by Gasteiger charge is -1.98. The van der Waals surface area contributed by atoms with Gasteiger partial charge in [-0.2, -0.15) is 0 Å². The third-order valence-electron chi connectivity index (χ3n) is 1.07. The van der Waals surface area contributed by atoms with E-state index >= 15 is 0 Å². The number of carboxylic acids is 1. The van der Waals surface area contributed by atoms with E-state index in [9.17, 15) is 4.79 Å². The quantitative estimate of drug-likeness (QED) is 0.602. The number of rotatable bonds is 2. The molecule has 0 radical (unpaired) electrons. The number of carbonyl (C=O) groups is 1. The van der Waals surface area contributed by atoms with Gasteiger partial charge in [-0.15, -0.1) is 0 Å². The molecule has 5 heteroatoms. The third kappa shape index (κ3) is 1.85. The van der Waals surface area contributed by atoms with Crippen LogP contribution < -0.4 is 0 Å². The highest BCUT2D eigenvalue weighted by molar-refractivity contribution is 14.1. The van der Waals surface area contributed by atoms with E-state index < -0.39 is 5.97 Å². The van der Waals surface area contributed by atoms with Gasteiger partial charge in [-0.3, -0.25) is 4.99 Å². The van der Waals surface area contributed by atoms with E-state index in [0.717, 1.165) is 4.43 Å². The number of hydrogen-bond acceptors (Lipinski definition) is 3. The monoisotopic (exact) mass is 271 g/mol. The van der Waals surface area contributed by atoms with Gasteiger partial charge >= 0.3 is 5.97 Å². The number of thioether (sulfide) groups is 1. The second kappa shape index (κ2) is 3.56. The fraction of sp³-hybridized carbons (Fsp3) is 0.600. The Balaban J connectivity index is 2.47. The summed E-state index contributed by atoms with van der Waals surface area (Å²) in [5, 5.41) is 9.12. The molecule has 0 aromatic rings. The van der Waals surface area contributed by atoms with Crippen molar-refractivity contribution in [1.29, 1.82) is 0 Å². The lowest BCUT2D eigenvalue weighted by molar-refractivity contribution is -0.129. The molecule has 0 fully saturated rings. The highest BCUT2D eigenvalue weighted by atomic mass is 127. The van der Waals surface area contributed by atoms with E-state index in [4.69, 9.17) is 5.11 Å². The summed E-state index contributed by atoms with van der Waals surface area (Å²) in [6.07, 6.45) is 0. The van der Waals surface area contributed by atoms with Crippen LogP contribution in [0.1, 0.15) is 0 Å². The molecule has 0 spiro atoms. The summed E-state index contributed by atoms with van der Waals surface area (Å²) >= 11 is 3.60. The van der Waals surface area contributed by atoms with E-state index in [1.54, 1.807) is 0 Å². The van der Waals surface area contributed by atoms with Crippen LogP contribution in [0.25, 0.3) is 0 Å². The van der Waals surface area contributed by atoms with Gasteiger partial charge in [0, 0.05) is 9.68 Å². The summed E-state index contributed by atoms with van der Waals surface area (Å²) in [6.45, 7) is 0.662. The van der Waals surface area contributed by atoms with Crippen molar-refractivity contribution in [2.75, 3.05) is 11.0 Å². The van der Waals surface area contributed by atoms with Gasteiger partial charge in [-0.25, -0.2) is 4.79 Å². The van der Waals surface area contributed by atoms with Crippen molar-refractivity contribution in [2.45, 2.75) is 5.25 Å². The van der Waals surface area contributed by atoms with Gasteiger partial charge in [0.25, 0.3) is 0 Å². The fourth-order valence-electron chi connectivity index (χ4n) is 0.615. The lowest BCUT2D eigenvalue weighted by atomic mass is 10.5. The first kappa shape index (κ1) is 8.32. The molecule has 0 aromatic carbocycles. The zero-order chi connectivity index (χ0) is 7.56. The van der Waals surface area contributed by atoms with Crippen LogP contribution in [0.3, 0.4) is 0 Å². The largest absolute Gasteiger partial charge is 0.476 e. The molecule has 0 amide bonds. The van der Waals surface area contributed by atoms with E-state index in [0.29, 0.717) is 11.8 Å². The first-order valence-corrected chi connectivity index (χ1v) is 5.15. The summed E-state index contributed by atoms with van der Waals surface area (Å²) in [5.74, 6) is -0.891. The van der Waals surface area contributed by atoms with Gasteiger partial charge in [-0.05, 0) is 0 Å². The first-order valence-electron chi connectivity index (χ1n) is 2.74. The number of carboxylic acid groups (broad SMARTS) is 1. The Labute approximate surface area is 76.4 Å². The van der Waals surface area contributed by atoms with Crippen molar-refractivity contribution in [2.24, 2.45) is 4.99 Å². The molecule has 1 heterocycles. The van der Waals surface area contributed by atoms with Crippen molar-refractivity contribution < 1.29 is 9.90 Å². The summed E-state index contributed by atoms with van der Waals surface area (Å²) in [5.41, 5.74) is 0. The molecular formula is C5H6INO2S. The molecule has 1 atom stereocenters. The molecule has 1 rings (SSSR count). The van der Waals surface area contributed by atoms with Crippen molar-refractivity contribution in [1.82, 2.24) is 0 Å². The Morgan fingerprint density at radius 2 is 2.70 bits per heavy atom. The Bertz CT molecular complexity index is 182. The predicted octanol–water partition coefficient (Wildman–Crippen LogP) is 1.02. The summed E-state index contributed by atoms with van der Waals surface area (Å²) in [6, 6.07) is 0. The SMILES string of the molecule is O=C(O)C1=NC[C@@H](CI)S1. The van der Waals surface area contributed by atoms with E-state index in [-0.39, 0.29) is 5.04 Å². The minimum Gasteiger partial charge on any atom is -0.476 e. The highest BCUT2D eigenvalue weighted by Crippen LogP contribution is 2.22. The average Bonchev–Trinajstić information content (AvgIpc) is 2.34. The van der Waals surface area contributed by atoms with E-state index in [1.807, 2.05) is 0 Å². The molecule has 0 aromatic heterocycles. The molecule has 1 aliphatic heterocycles. The fourth-order valence-corrected chi connectivity index (χ4v) is 2.21. The predicted molar refractivity (Wildman–Crippen MR) is 50.2 cm³/mol. The minimum atomic E-state index is -0.891. The number of alkyl halides is 1. The number of halogens is 1. The zero-order valence-electron chi connectivity index (χ0n) is 5.08. The maximum absolute atomic E-state index is 10.3. The standard InChI is InChI=1S/C5H6INO2S/c6-1-3-2-7-4(10-3)5(8)9/h3H,1-2H2,(H,8,9)/t3-/m1/s1. The molecule has 1 aliphatic rings. The molecular weight excluding hydrogens is 265 g/mol. The van der Waals surface area contributed by atoms with Crippen molar-refractivity contribution >= 4 is 45.4 Å². The number of aliphatic imine (C=N–C) groups is 1. The van der Waals surface area contributed by atoms with Gasteiger partial charge < -0.3 is 5.11 Å².